The molecule has 1 aromatic heterocycles. The molecule has 2 rings (SSSR count). The first-order valence-electron chi connectivity index (χ1n) is 5.83. The van der Waals surface area contributed by atoms with Gasteiger partial charge in [0, 0.05) is 5.56 Å². The standard InChI is InChI=1S/C14H13N3O2/c1-9-8-16-14(19-9)10(2)17-13(18)12-5-3-4-11(6-12)7-15/h3-6,8,10H,1-2H3,(H,17,18). The van der Waals surface area contributed by atoms with E-state index < -0.39 is 0 Å². The van der Waals surface area contributed by atoms with E-state index in [1.807, 2.05) is 6.07 Å². The first kappa shape index (κ1) is 12.8. The zero-order valence-corrected chi connectivity index (χ0v) is 10.7. The maximum Gasteiger partial charge on any atom is 0.251 e. The topological polar surface area (TPSA) is 78.9 Å². The molecule has 0 fully saturated rings. The largest absolute Gasteiger partial charge is 0.444 e. The molecule has 0 aliphatic carbocycles. The summed E-state index contributed by atoms with van der Waals surface area (Å²) >= 11 is 0. The molecular weight excluding hydrogens is 242 g/mol. The lowest BCUT2D eigenvalue weighted by Gasteiger charge is -2.10. The number of benzene rings is 1. The van der Waals surface area contributed by atoms with Gasteiger partial charge < -0.3 is 9.73 Å². The van der Waals surface area contributed by atoms with Crippen molar-refractivity contribution < 1.29 is 9.21 Å². The summed E-state index contributed by atoms with van der Waals surface area (Å²) < 4.78 is 5.35. The van der Waals surface area contributed by atoms with Gasteiger partial charge in [-0.3, -0.25) is 4.79 Å². The quantitative estimate of drug-likeness (QED) is 0.913. The minimum atomic E-state index is -0.327. The first-order valence-corrected chi connectivity index (χ1v) is 5.83. The van der Waals surface area contributed by atoms with Crippen LogP contribution in [-0.4, -0.2) is 10.9 Å². The summed E-state index contributed by atoms with van der Waals surface area (Å²) in [5.41, 5.74) is 0.890. The highest BCUT2D eigenvalue weighted by Gasteiger charge is 2.15. The fraction of sp³-hybridized carbons (Fsp3) is 0.214. The molecule has 0 saturated heterocycles. The van der Waals surface area contributed by atoms with Gasteiger partial charge in [-0.1, -0.05) is 6.07 Å². The molecule has 1 N–H and O–H groups in total. The molecule has 96 valence electrons. The van der Waals surface area contributed by atoms with Crippen molar-refractivity contribution in [3.63, 3.8) is 0 Å². The monoisotopic (exact) mass is 255 g/mol. The van der Waals surface area contributed by atoms with E-state index in [1.165, 1.54) is 0 Å². The van der Waals surface area contributed by atoms with Crippen LogP contribution in [0.5, 0.6) is 0 Å². The summed E-state index contributed by atoms with van der Waals surface area (Å²) in [6.45, 7) is 3.58. The number of carbonyl (C=O) groups is 1. The molecule has 1 aromatic carbocycles. The summed E-state index contributed by atoms with van der Waals surface area (Å²) in [5, 5.41) is 11.6. The van der Waals surface area contributed by atoms with Crippen molar-refractivity contribution in [2.45, 2.75) is 19.9 Å². The molecule has 1 amide bonds. The number of aromatic nitrogens is 1. The Kier molecular flexibility index (Phi) is 3.62. The van der Waals surface area contributed by atoms with Crippen molar-refractivity contribution in [1.29, 1.82) is 5.26 Å². The average molecular weight is 255 g/mol. The van der Waals surface area contributed by atoms with Crippen LogP contribution in [0.1, 0.15) is 40.5 Å². The maximum absolute atomic E-state index is 12.0. The number of aryl methyl sites for hydroxylation is 1. The Morgan fingerprint density at radius 1 is 1.53 bits per heavy atom. The third kappa shape index (κ3) is 2.99. The summed E-state index contributed by atoms with van der Waals surface area (Å²) in [4.78, 5) is 16.1. The van der Waals surface area contributed by atoms with Crippen LogP contribution in [0.2, 0.25) is 0 Å². The van der Waals surface area contributed by atoms with Gasteiger partial charge in [-0.2, -0.15) is 5.26 Å². The van der Waals surface area contributed by atoms with Crippen LogP contribution in [0.25, 0.3) is 0 Å². The lowest BCUT2D eigenvalue weighted by atomic mass is 10.1. The minimum absolute atomic E-state index is 0.263. The Morgan fingerprint density at radius 2 is 2.32 bits per heavy atom. The number of hydrogen-bond donors (Lipinski definition) is 1. The smallest absolute Gasteiger partial charge is 0.251 e. The molecule has 0 saturated carbocycles. The van der Waals surface area contributed by atoms with E-state index in [-0.39, 0.29) is 11.9 Å². The van der Waals surface area contributed by atoms with Crippen LogP contribution < -0.4 is 5.32 Å². The number of hydrogen-bond acceptors (Lipinski definition) is 4. The van der Waals surface area contributed by atoms with Gasteiger partial charge in [0.25, 0.3) is 5.91 Å². The van der Waals surface area contributed by atoms with Crippen molar-refractivity contribution in [3.05, 3.63) is 53.2 Å². The third-order valence-corrected chi connectivity index (χ3v) is 2.61. The van der Waals surface area contributed by atoms with Crippen molar-refractivity contribution in [1.82, 2.24) is 10.3 Å². The normalized spacial score (nSPS) is 11.6. The van der Waals surface area contributed by atoms with Crippen LogP contribution in [0.4, 0.5) is 0 Å². The van der Waals surface area contributed by atoms with E-state index in [4.69, 9.17) is 9.68 Å². The minimum Gasteiger partial charge on any atom is -0.444 e. The van der Waals surface area contributed by atoms with Crippen molar-refractivity contribution in [3.8, 4) is 6.07 Å². The average Bonchev–Trinajstić information content (AvgIpc) is 2.85. The number of amides is 1. The highest BCUT2D eigenvalue weighted by molar-refractivity contribution is 5.94. The summed E-state index contributed by atoms with van der Waals surface area (Å²) in [7, 11) is 0. The third-order valence-electron chi connectivity index (χ3n) is 2.61. The van der Waals surface area contributed by atoms with Crippen LogP contribution in [0.15, 0.2) is 34.9 Å². The number of nitrogens with zero attached hydrogens (tertiary/aromatic N) is 2. The highest BCUT2D eigenvalue weighted by Crippen LogP contribution is 2.13. The molecule has 0 aliphatic heterocycles. The van der Waals surface area contributed by atoms with E-state index in [9.17, 15) is 4.79 Å². The van der Waals surface area contributed by atoms with Gasteiger partial charge in [0.1, 0.15) is 11.8 Å². The molecule has 0 bridgehead atoms. The molecule has 1 heterocycles. The first-order chi connectivity index (χ1) is 9.10. The summed E-state index contributed by atoms with van der Waals surface area (Å²) in [6, 6.07) is 8.20. The fourth-order valence-corrected chi connectivity index (χ4v) is 1.64. The van der Waals surface area contributed by atoms with Crippen molar-refractivity contribution >= 4 is 5.91 Å². The molecule has 19 heavy (non-hydrogen) atoms. The van der Waals surface area contributed by atoms with Crippen LogP contribution in [-0.2, 0) is 0 Å². The fourth-order valence-electron chi connectivity index (χ4n) is 1.64. The second-order valence-electron chi connectivity index (χ2n) is 4.20. The molecular formula is C14H13N3O2. The molecule has 1 atom stereocenters. The predicted molar refractivity (Wildman–Crippen MR) is 68.3 cm³/mol. The van der Waals surface area contributed by atoms with Gasteiger partial charge >= 0.3 is 0 Å². The van der Waals surface area contributed by atoms with Gasteiger partial charge in [-0.15, -0.1) is 0 Å². The second-order valence-corrected chi connectivity index (χ2v) is 4.20. The van der Waals surface area contributed by atoms with Gasteiger partial charge in [0.05, 0.1) is 17.8 Å². The maximum atomic E-state index is 12.0. The van der Waals surface area contributed by atoms with Crippen LogP contribution in [0.3, 0.4) is 0 Å². The number of oxazole rings is 1. The lowest BCUT2D eigenvalue weighted by Crippen LogP contribution is -2.26. The van der Waals surface area contributed by atoms with Crippen LogP contribution in [0, 0.1) is 18.3 Å². The lowest BCUT2D eigenvalue weighted by molar-refractivity contribution is 0.0934. The predicted octanol–water partition coefficient (Wildman–Crippen LogP) is 2.35. The van der Waals surface area contributed by atoms with E-state index >= 15 is 0 Å². The van der Waals surface area contributed by atoms with Gasteiger partial charge in [0.15, 0.2) is 0 Å². The van der Waals surface area contributed by atoms with E-state index in [0.29, 0.717) is 22.8 Å². The molecule has 0 radical (unpaired) electrons. The Morgan fingerprint density at radius 3 is 2.95 bits per heavy atom. The van der Waals surface area contributed by atoms with Gasteiger partial charge in [-0.25, -0.2) is 4.98 Å². The molecule has 5 nitrogen and oxygen atoms in total. The van der Waals surface area contributed by atoms with E-state index in [2.05, 4.69) is 10.3 Å². The highest BCUT2D eigenvalue weighted by atomic mass is 16.4. The Hall–Kier alpha value is -2.61. The van der Waals surface area contributed by atoms with Gasteiger partial charge in [-0.05, 0) is 32.0 Å². The summed E-state index contributed by atoms with van der Waals surface area (Å²) in [6.07, 6.45) is 1.61. The zero-order chi connectivity index (χ0) is 13.8. The number of nitriles is 1. The molecule has 0 aliphatic rings. The molecule has 1 unspecified atom stereocenters. The Balaban J connectivity index is 2.10. The zero-order valence-electron chi connectivity index (χ0n) is 10.7. The second kappa shape index (κ2) is 5.36. The van der Waals surface area contributed by atoms with E-state index in [1.54, 1.807) is 44.3 Å². The van der Waals surface area contributed by atoms with Crippen molar-refractivity contribution in [2.75, 3.05) is 0 Å². The molecule has 2 aromatic rings. The number of carbonyl (C=O) groups excluding carboxylic acids is 1. The van der Waals surface area contributed by atoms with Gasteiger partial charge in [0.2, 0.25) is 5.89 Å². The SMILES string of the molecule is Cc1cnc(C(C)NC(=O)c2cccc(C#N)c2)o1. The van der Waals surface area contributed by atoms with Crippen LogP contribution >= 0.6 is 0 Å². The molecule has 0 spiro atoms. The number of rotatable bonds is 3. The van der Waals surface area contributed by atoms with E-state index in [0.717, 1.165) is 0 Å². The number of nitrogens with one attached hydrogen (secondary N) is 1. The Labute approximate surface area is 110 Å². The Bertz CT molecular complexity index is 640. The molecule has 5 heteroatoms. The summed E-state index contributed by atoms with van der Waals surface area (Å²) in [5.74, 6) is 0.894. The van der Waals surface area contributed by atoms with Crippen molar-refractivity contribution in [2.24, 2.45) is 0 Å².